The van der Waals surface area contributed by atoms with Crippen LogP contribution in [0.2, 0.25) is 0 Å². The maximum absolute atomic E-state index is 12.0. The second-order valence-corrected chi connectivity index (χ2v) is 6.47. The molecule has 2 rings (SSSR count). The second-order valence-electron chi connectivity index (χ2n) is 6.47. The number of hydrogen-bond donors (Lipinski definition) is 1. The predicted molar refractivity (Wildman–Crippen MR) is 66.2 cm³/mol. The van der Waals surface area contributed by atoms with Crippen molar-refractivity contribution in [1.82, 2.24) is 5.32 Å². The number of carbonyl (C=O) groups excluding carboxylic acids is 2. The molecule has 3 nitrogen and oxygen atoms in total. The molecule has 17 heavy (non-hydrogen) atoms. The van der Waals surface area contributed by atoms with Gasteiger partial charge in [-0.25, -0.2) is 0 Å². The molecule has 0 spiro atoms. The van der Waals surface area contributed by atoms with E-state index in [4.69, 9.17) is 0 Å². The summed E-state index contributed by atoms with van der Waals surface area (Å²) in [6.45, 7) is 6.30. The van der Waals surface area contributed by atoms with E-state index in [0.29, 0.717) is 12.3 Å². The zero-order valence-electron chi connectivity index (χ0n) is 11.1. The van der Waals surface area contributed by atoms with Gasteiger partial charge in [0.15, 0.2) is 0 Å². The molecule has 2 fully saturated rings. The zero-order chi connectivity index (χ0) is 12.6. The molecule has 1 aliphatic carbocycles. The number of carbonyl (C=O) groups is 2. The van der Waals surface area contributed by atoms with Crippen molar-refractivity contribution in [3.63, 3.8) is 0 Å². The van der Waals surface area contributed by atoms with E-state index in [1.807, 2.05) is 0 Å². The van der Waals surface area contributed by atoms with Crippen molar-refractivity contribution in [2.24, 2.45) is 23.2 Å². The molecular formula is C14H23NO2. The van der Waals surface area contributed by atoms with Crippen LogP contribution in [0.5, 0.6) is 0 Å². The molecular weight excluding hydrogens is 214 g/mol. The molecule has 0 bridgehead atoms. The maximum Gasteiger partial charge on any atom is 0.230 e. The quantitative estimate of drug-likeness (QED) is 0.767. The van der Waals surface area contributed by atoms with Gasteiger partial charge in [-0.05, 0) is 23.7 Å². The van der Waals surface area contributed by atoms with Crippen molar-refractivity contribution in [2.75, 3.05) is 0 Å². The molecule has 3 heteroatoms. The van der Waals surface area contributed by atoms with E-state index in [2.05, 4.69) is 26.1 Å². The summed E-state index contributed by atoms with van der Waals surface area (Å²) in [6.07, 6.45) is 5.41. The Morgan fingerprint density at radius 2 is 2.00 bits per heavy atom. The second kappa shape index (κ2) is 4.43. The monoisotopic (exact) mass is 237 g/mol. The number of hydrogen-bond acceptors (Lipinski definition) is 2. The fourth-order valence-corrected chi connectivity index (χ4v) is 3.72. The Bertz CT molecular complexity index is 333. The molecule has 2 aliphatic rings. The maximum atomic E-state index is 12.0. The molecule has 2 atom stereocenters. The predicted octanol–water partition coefficient (Wildman–Crippen LogP) is 2.50. The number of rotatable bonds is 3. The van der Waals surface area contributed by atoms with Gasteiger partial charge >= 0.3 is 0 Å². The van der Waals surface area contributed by atoms with Gasteiger partial charge in [0.25, 0.3) is 0 Å². The van der Waals surface area contributed by atoms with Gasteiger partial charge < -0.3 is 0 Å². The average molecular weight is 237 g/mol. The number of nitrogens with one attached hydrogen (secondary N) is 1. The SMILES string of the molecule is CC(C)C1C(=O)NC(=O)CC1(C)CC1CCC1. The normalized spacial score (nSPS) is 34.7. The van der Waals surface area contributed by atoms with Crippen LogP contribution in [0.15, 0.2) is 0 Å². The third kappa shape index (κ3) is 2.38. The number of amides is 2. The summed E-state index contributed by atoms with van der Waals surface area (Å²) < 4.78 is 0. The minimum absolute atomic E-state index is 0.0131. The van der Waals surface area contributed by atoms with Crippen LogP contribution in [0.25, 0.3) is 0 Å². The summed E-state index contributed by atoms with van der Waals surface area (Å²) >= 11 is 0. The molecule has 2 amide bonds. The Morgan fingerprint density at radius 3 is 2.47 bits per heavy atom. The number of imide groups is 1. The van der Waals surface area contributed by atoms with Crippen molar-refractivity contribution >= 4 is 11.8 Å². The molecule has 1 heterocycles. The molecule has 0 aromatic heterocycles. The van der Waals surface area contributed by atoms with E-state index in [9.17, 15) is 9.59 Å². The molecule has 1 N–H and O–H groups in total. The fourth-order valence-electron chi connectivity index (χ4n) is 3.72. The van der Waals surface area contributed by atoms with Crippen LogP contribution in [0.3, 0.4) is 0 Å². The van der Waals surface area contributed by atoms with E-state index in [0.717, 1.165) is 12.3 Å². The lowest BCUT2D eigenvalue weighted by Gasteiger charge is -2.45. The summed E-state index contributed by atoms with van der Waals surface area (Å²) in [7, 11) is 0. The standard InChI is InChI=1S/C14H23NO2/c1-9(2)12-13(17)15-11(16)8-14(12,3)7-10-5-4-6-10/h9-10,12H,4-8H2,1-3H3,(H,15,16,17). The Morgan fingerprint density at radius 1 is 1.35 bits per heavy atom. The van der Waals surface area contributed by atoms with Gasteiger partial charge in [0, 0.05) is 12.3 Å². The molecule has 1 saturated heterocycles. The molecule has 0 radical (unpaired) electrons. The molecule has 0 aromatic rings. The molecule has 1 aliphatic heterocycles. The van der Waals surface area contributed by atoms with Gasteiger partial charge in [-0.3, -0.25) is 14.9 Å². The van der Waals surface area contributed by atoms with Gasteiger partial charge in [-0.15, -0.1) is 0 Å². The average Bonchev–Trinajstić information content (AvgIpc) is 2.09. The summed E-state index contributed by atoms with van der Waals surface area (Å²) in [5.41, 5.74) is -0.126. The third-order valence-corrected chi connectivity index (χ3v) is 4.51. The topological polar surface area (TPSA) is 46.2 Å². The smallest absolute Gasteiger partial charge is 0.230 e. The first-order chi connectivity index (χ1) is 7.92. The first-order valence-electron chi connectivity index (χ1n) is 6.76. The highest BCUT2D eigenvalue weighted by atomic mass is 16.2. The van der Waals surface area contributed by atoms with Crippen LogP contribution in [-0.2, 0) is 9.59 Å². The van der Waals surface area contributed by atoms with Crippen LogP contribution in [0.1, 0.15) is 52.9 Å². The van der Waals surface area contributed by atoms with E-state index >= 15 is 0 Å². The minimum Gasteiger partial charge on any atom is -0.296 e. The molecule has 96 valence electrons. The Labute approximate surface area is 103 Å². The van der Waals surface area contributed by atoms with Crippen LogP contribution >= 0.6 is 0 Å². The van der Waals surface area contributed by atoms with Crippen molar-refractivity contribution in [1.29, 1.82) is 0 Å². The fraction of sp³-hybridized carbons (Fsp3) is 0.857. The van der Waals surface area contributed by atoms with Crippen LogP contribution < -0.4 is 5.32 Å². The Kier molecular flexibility index (Phi) is 3.28. The van der Waals surface area contributed by atoms with E-state index in [1.165, 1.54) is 19.3 Å². The largest absolute Gasteiger partial charge is 0.296 e. The van der Waals surface area contributed by atoms with Crippen molar-refractivity contribution < 1.29 is 9.59 Å². The molecule has 2 unspecified atom stereocenters. The lowest BCUT2D eigenvalue weighted by Crippen LogP contribution is -2.53. The summed E-state index contributed by atoms with van der Waals surface area (Å²) in [5, 5.41) is 2.50. The van der Waals surface area contributed by atoms with Crippen LogP contribution in [0, 0.1) is 23.2 Å². The summed E-state index contributed by atoms with van der Waals surface area (Å²) in [4.78, 5) is 23.6. The Balaban J connectivity index is 2.18. The lowest BCUT2D eigenvalue weighted by atomic mass is 9.61. The van der Waals surface area contributed by atoms with Gasteiger partial charge in [-0.1, -0.05) is 40.0 Å². The van der Waals surface area contributed by atoms with Gasteiger partial charge in [0.1, 0.15) is 0 Å². The van der Waals surface area contributed by atoms with Gasteiger partial charge in [0.2, 0.25) is 11.8 Å². The van der Waals surface area contributed by atoms with Gasteiger partial charge in [-0.2, -0.15) is 0 Å². The highest BCUT2D eigenvalue weighted by molar-refractivity contribution is 5.99. The minimum atomic E-state index is -0.126. The zero-order valence-corrected chi connectivity index (χ0v) is 11.1. The van der Waals surface area contributed by atoms with E-state index in [-0.39, 0.29) is 23.1 Å². The summed E-state index contributed by atoms with van der Waals surface area (Å²) in [6, 6.07) is 0. The Hall–Kier alpha value is -0.860. The van der Waals surface area contributed by atoms with E-state index in [1.54, 1.807) is 0 Å². The third-order valence-electron chi connectivity index (χ3n) is 4.51. The molecule has 0 aromatic carbocycles. The highest BCUT2D eigenvalue weighted by Gasteiger charge is 2.47. The number of piperidine rings is 1. The highest BCUT2D eigenvalue weighted by Crippen LogP contribution is 2.47. The lowest BCUT2D eigenvalue weighted by molar-refractivity contribution is -0.146. The summed E-state index contributed by atoms with van der Waals surface area (Å²) in [5.74, 6) is 0.876. The first kappa shape index (κ1) is 12.6. The van der Waals surface area contributed by atoms with Crippen molar-refractivity contribution in [2.45, 2.75) is 52.9 Å². The first-order valence-corrected chi connectivity index (χ1v) is 6.76. The van der Waals surface area contributed by atoms with Crippen molar-refractivity contribution in [3.05, 3.63) is 0 Å². The van der Waals surface area contributed by atoms with Crippen LogP contribution in [-0.4, -0.2) is 11.8 Å². The molecule has 1 saturated carbocycles. The van der Waals surface area contributed by atoms with Gasteiger partial charge in [0.05, 0.1) is 0 Å². The van der Waals surface area contributed by atoms with Crippen molar-refractivity contribution in [3.8, 4) is 0 Å². The van der Waals surface area contributed by atoms with Crippen LogP contribution in [0.4, 0.5) is 0 Å². The van der Waals surface area contributed by atoms with E-state index < -0.39 is 0 Å².